The molecule has 0 aliphatic rings. The van der Waals surface area contributed by atoms with Gasteiger partial charge in [0.25, 0.3) is 0 Å². The number of benzene rings is 1. The first-order valence-corrected chi connectivity index (χ1v) is 5.29. The molecule has 1 aromatic rings. The monoisotopic (exact) mass is 332 g/mol. The summed E-state index contributed by atoms with van der Waals surface area (Å²) in [6, 6.07) is 2.51. The average Bonchev–Trinajstić information content (AvgIpc) is 2.10. The molecule has 0 amide bonds. The number of halogens is 4. The molecular weight excluding hydrogens is 329 g/mol. The maximum Gasteiger partial charge on any atom is 0.179 e. The summed E-state index contributed by atoms with van der Waals surface area (Å²) >= 11 is 12.8. The normalized spacial score (nSPS) is 10.2. The largest absolute Gasteiger partial charge is 0.293 e. The Kier molecular flexibility index (Phi) is 3.94. The summed E-state index contributed by atoms with van der Waals surface area (Å²) in [5, 5.41) is 0.233. The third-order valence-electron chi connectivity index (χ3n) is 1.43. The standard InChI is InChI=1S/C8H4Cl2FIO/c9-3-8(13)4-1-6(11)7(12)2-5(4)10/h1-2H,3H2. The Hall–Kier alpha value is 0.130. The van der Waals surface area contributed by atoms with E-state index >= 15 is 0 Å². The minimum atomic E-state index is -0.460. The molecule has 0 heterocycles. The van der Waals surface area contributed by atoms with E-state index in [4.69, 9.17) is 23.2 Å². The smallest absolute Gasteiger partial charge is 0.179 e. The van der Waals surface area contributed by atoms with Crippen molar-refractivity contribution in [2.75, 3.05) is 5.88 Å². The molecule has 70 valence electrons. The van der Waals surface area contributed by atoms with Crippen molar-refractivity contribution in [3.8, 4) is 0 Å². The highest BCUT2D eigenvalue weighted by molar-refractivity contribution is 14.1. The van der Waals surface area contributed by atoms with Gasteiger partial charge >= 0.3 is 0 Å². The zero-order valence-corrected chi connectivity index (χ0v) is 9.95. The van der Waals surface area contributed by atoms with Crippen molar-refractivity contribution in [1.82, 2.24) is 0 Å². The fourth-order valence-electron chi connectivity index (χ4n) is 0.808. The highest BCUT2D eigenvalue weighted by Crippen LogP contribution is 2.22. The predicted molar refractivity (Wildman–Crippen MR) is 59.2 cm³/mol. The first-order valence-electron chi connectivity index (χ1n) is 3.30. The molecule has 5 heteroatoms. The van der Waals surface area contributed by atoms with Crippen molar-refractivity contribution in [3.05, 3.63) is 32.1 Å². The van der Waals surface area contributed by atoms with Crippen molar-refractivity contribution in [2.24, 2.45) is 0 Å². The van der Waals surface area contributed by atoms with Crippen LogP contribution in [-0.2, 0) is 0 Å². The maximum absolute atomic E-state index is 13.0. The summed E-state index contributed by atoms with van der Waals surface area (Å²) in [4.78, 5) is 11.1. The number of ketones is 1. The third kappa shape index (κ3) is 2.54. The second kappa shape index (κ2) is 4.57. The van der Waals surface area contributed by atoms with Gasteiger partial charge in [-0.15, -0.1) is 11.6 Å². The molecule has 1 rings (SSSR count). The van der Waals surface area contributed by atoms with Crippen LogP contribution in [0.1, 0.15) is 10.4 Å². The van der Waals surface area contributed by atoms with Gasteiger partial charge in [-0.1, -0.05) is 11.6 Å². The zero-order chi connectivity index (χ0) is 10.0. The van der Waals surface area contributed by atoms with Crippen molar-refractivity contribution in [3.63, 3.8) is 0 Å². The van der Waals surface area contributed by atoms with Crippen LogP contribution in [0.3, 0.4) is 0 Å². The minimum absolute atomic E-state index is 0.134. The average molecular weight is 333 g/mol. The lowest BCUT2D eigenvalue weighted by molar-refractivity contribution is 0.102. The summed E-state index contributed by atoms with van der Waals surface area (Å²) in [6.45, 7) is 0. The van der Waals surface area contributed by atoms with Gasteiger partial charge in [-0.2, -0.15) is 0 Å². The van der Waals surface area contributed by atoms with Gasteiger partial charge < -0.3 is 0 Å². The number of Topliss-reactive ketones (excluding diaryl/α,β-unsaturated/α-hetero) is 1. The van der Waals surface area contributed by atoms with Crippen molar-refractivity contribution in [1.29, 1.82) is 0 Å². The SMILES string of the molecule is O=C(CCl)c1cc(F)c(I)cc1Cl. The molecule has 0 fully saturated rings. The Morgan fingerprint density at radius 3 is 2.69 bits per heavy atom. The molecule has 1 nitrogen and oxygen atoms in total. The molecule has 0 aliphatic carbocycles. The molecule has 0 spiro atoms. The van der Waals surface area contributed by atoms with E-state index in [1.807, 2.05) is 0 Å². The van der Waals surface area contributed by atoms with Gasteiger partial charge in [0.05, 0.1) is 14.5 Å². The molecule has 0 bridgehead atoms. The van der Waals surface area contributed by atoms with Crippen LogP contribution in [0.4, 0.5) is 4.39 Å². The predicted octanol–water partition coefficient (Wildman–Crippen LogP) is 3.51. The Bertz CT molecular complexity index is 354. The lowest BCUT2D eigenvalue weighted by Crippen LogP contribution is -2.02. The van der Waals surface area contributed by atoms with E-state index < -0.39 is 5.82 Å². The molecule has 0 saturated heterocycles. The van der Waals surface area contributed by atoms with Crippen LogP contribution in [0.2, 0.25) is 5.02 Å². The zero-order valence-electron chi connectivity index (χ0n) is 6.28. The Labute approximate surface area is 98.4 Å². The topological polar surface area (TPSA) is 17.1 Å². The molecule has 13 heavy (non-hydrogen) atoms. The van der Waals surface area contributed by atoms with Gasteiger partial charge in [0, 0.05) is 5.56 Å². The summed E-state index contributed by atoms with van der Waals surface area (Å²) in [5.74, 6) is -1.03. The minimum Gasteiger partial charge on any atom is -0.293 e. The molecular formula is C8H4Cl2FIO. The van der Waals surface area contributed by atoms with E-state index in [2.05, 4.69) is 0 Å². The van der Waals surface area contributed by atoms with Gasteiger partial charge in [-0.25, -0.2) is 4.39 Å². The van der Waals surface area contributed by atoms with Gasteiger partial charge in [0.2, 0.25) is 0 Å². The van der Waals surface area contributed by atoms with Crippen molar-refractivity contribution in [2.45, 2.75) is 0 Å². The van der Waals surface area contributed by atoms with Crippen LogP contribution in [0.15, 0.2) is 12.1 Å². The van der Waals surface area contributed by atoms with E-state index in [0.717, 1.165) is 6.07 Å². The van der Waals surface area contributed by atoms with E-state index in [0.29, 0.717) is 3.57 Å². The first kappa shape index (κ1) is 11.2. The quantitative estimate of drug-likeness (QED) is 0.350. The van der Waals surface area contributed by atoms with E-state index in [1.165, 1.54) is 6.07 Å². The second-order valence-corrected chi connectivity index (χ2v) is 4.14. The Morgan fingerprint density at radius 1 is 1.54 bits per heavy atom. The molecule has 1 aromatic carbocycles. The lowest BCUT2D eigenvalue weighted by atomic mass is 10.1. The Morgan fingerprint density at radius 2 is 2.15 bits per heavy atom. The fraction of sp³-hybridized carbons (Fsp3) is 0.125. The van der Waals surface area contributed by atoms with Crippen LogP contribution in [0.5, 0.6) is 0 Å². The Balaban J connectivity index is 3.23. The molecule has 0 saturated carbocycles. The number of carbonyl (C=O) groups is 1. The van der Waals surface area contributed by atoms with Gasteiger partial charge in [0.1, 0.15) is 5.82 Å². The summed E-state index contributed by atoms with van der Waals surface area (Å²) in [7, 11) is 0. The van der Waals surface area contributed by atoms with E-state index in [-0.39, 0.29) is 22.2 Å². The lowest BCUT2D eigenvalue weighted by Gasteiger charge is -2.02. The summed E-state index contributed by atoms with van der Waals surface area (Å²) in [5.41, 5.74) is 0.134. The van der Waals surface area contributed by atoms with Gasteiger partial charge in [-0.05, 0) is 34.7 Å². The van der Waals surface area contributed by atoms with Crippen LogP contribution in [-0.4, -0.2) is 11.7 Å². The molecule has 0 atom stereocenters. The van der Waals surface area contributed by atoms with E-state index in [1.54, 1.807) is 22.6 Å². The molecule has 0 radical (unpaired) electrons. The number of hydrogen-bond acceptors (Lipinski definition) is 1. The second-order valence-electron chi connectivity index (χ2n) is 2.30. The van der Waals surface area contributed by atoms with Gasteiger partial charge in [-0.3, -0.25) is 4.79 Å². The van der Waals surface area contributed by atoms with Crippen molar-refractivity contribution < 1.29 is 9.18 Å². The number of rotatable bonds is 2. The van der Waals surface area contributed by atoms with E-state index in [9.17, 15) is 9.18 Å². The van der Waals surface area contributed by atoms with Crippen LogP contribution in [0, 0.1) is 9.39 Å². The van der Waals surface area contributed by atoms with Gasteiger partial charge in [0.15, 0.2) is 5.78 Å². The number of hydrogen-bond donors (Lipinski definition) is 0. The number of carbonyl (C=O) groups excluding carboxylic acids is 1. The molecule has 0 N–H and O–H groups in total. The van der Waals surface area contributed by atoms with Crippen molar-refractivity contribution >= 4 is 51.6 Å². The highest BCUT2D eigenvalue weighted by atomic mass is 127. The summed E-state index contributed by atoms with van der Waals surface area (Å²) < 4.78 is 13.4. The third-order valence-corrected chi connectivity index (χ3v) is 2.81. The maximum atomic E-state index is 13.0. The fourth-order valence-corrected chi connectivity index (χ4v) is 1.87. The highest BCUT2D eigenvalue weighted by Gasteiger charge is 2.12. The molecule has 0 aliphatic heterocycles. The summed E-state index contributed by atoms with van der Waals surface area (Å²) in [6.07, 6.45) is 0. The first-order chi connectivity index (χ1) is 6.06. The van der Waals surface area contributed by atoms with Crippen LogP contribution < -0.4 is 0 Å². The van der Waals surface area contributed by atoms with Crippen LogP contribution in [0.25, 0.3) is 0 Å². The van der Waals surface area contributed by atoms with Crippen LogP contribution >= 0.6 is 45.8 Å². The number of alkyl halides is 1. The molecule has 0 unspecified atom stereocenters. The molecule has 0 aromatic heterocycles.